The van der Waals surface area contributed by atoms with Crippen molar-refractivity contribution in [2.24, 2.45) is 24.3 Å². The highest BCUT2D eigenvalue weighted by Crippen LogP contribution is 2.18. The van der Waals surface area contributed by atoms with Gasteiger partial charge in [-0.2, -0.15) is 12.6 Å². The van der Waals surface area contributed by atoms with Crippen LogP contribution in [0.25, 0.3) is 0 Å². The van der Waals surface area contributed by atoms with Crippen molar-refractivity contribution < 1.29 is 17.0 Å². The Morgan fingerprint density at radius 1 is 1.13 bits per heavy atom. The second-order valence-corrected chi connectivity index (χ2v) is 5.41. The van der Waals surface area contributed by atoms with Crippen molar-refractivity contribution >= 4 is 30.0 Å². The summed E-state index contributed by atoms with van der Waals surface area (Å²) in [5.41, 5.74) is 1.91. The minimum absolute atomic E-state index is 0. The van der Waals surface area contributed by atoms with Gasteiger partial charge in [-0.3, -0.25) is 0 Å². The number of imidazole rings is 1. The van der Waals surface area contributed by atoms with E-state index in [0.717, 1.165) is 42.7 Å². The molecule has 0 bridgehead atoms. The van der Waals surface area contributed by atoms with Crippen molar-refractivity contribution in [1.29, 1.82) is 0 Å². The smallest absolute Gasteiger partial charge is 0.421 e. The lowest BCUT2D eigenvalue weighted by molar-refractivity contribution is -0.657. The zero-order valence-electron chi connectivity index (χ0n) is 13.4. The summed E-state index contributed by atoms with van der Waals surface area (Å²) in [6.45, 7) is 2.74. The van der Waals surface area contributed by atoms with Crippen LogP contribution in [0.5, 0.6) is 0 Å². The predicted octanol–water partition coefficient (Wildman–Crippen LogP) is -0.800. The molecule has 126 valence electrons. The van der Waals surface area contributed by atoms with Gasteiger partial charge in [0.2, 0.25) is 0 Å². The number of aromatic nitrogens is 2. The molecule has 2 rings (SSSR count). The van der Waals surface area contributed by atoms with Gasteiger partial charge in [0, 0.05) is 36.2 Å². The molecule has 0 aliphatic carbocycles. The number of nitrogens with one attached hydrogen (secondary N) is 2. The van der Waals surface area contributed by atoms with Crippen molar-refractivity contribution in [3.8, 4) is 0 Å². The maximum atomic E-state index is 4.27. The molecule has 0 spiro atoms. The lowest BCUT2D eigenvalue weighted by Crippen LogP contribution is -3.00. The minimum Gasteiger partial charge on any atom is -1.00 e. The highest BCUT2D eigenvalue weighted by molar-refractivity contribution is 7.80. The van der Waals surface area contributed by atoms with Crippen LogP contribution in [0.2, 0.25) is 0 Å². The molecular formula is C15H23ClN6S. The highest BCUT2D eigenvalue weighted by Gasteiger charge is 2.09. The van der Waals surface area contributed by atoms with Gasteiger partial charge < -0.3 is 23.0 Å². The van der Waals surface area contributed by atoms with E-state index in [-0.39, 0.29) is 12.4 Å². The third-order valence-corrected chi connectivity index (χ3v) is 3.41. The minimum atomic E-state index is 0. The fourth-order valence-electron chi connectivity index (χ4n) is 1.97. The first kappa shape index (κ1) is 19.5. The molecule has 6 nitrogen and oxygen atoms in total. The lowest BCUT2D eigenvalue weighted by atomic mass is 10.3. The Balaban J connectivity index is 0.00000264. The molecule has 1 aromatic carbocycles. The molecule has 8 heteroatoms. The molecule has 0 amide bonds. The van der Waals surface area contributed by atoms with Gasteiger partial charge in [-0.15, -0.1) is 0 Å². The maximum Gasteiger partial charge on any atom is 0.421 e. The zero-order chi connectivity index (χ0) is 15.8. The molecule has 0 saturated carbocycles. The van der Waals surface area contributed by atoms with E-state index >= 15 is 0 Å². The largest absolute Gasteiger partial charge is 1.00 e. The molecule has 0 aliphatic rings. The first-order valence-electron chi connectivity index (χ1n) is 7.29. The zero-order valence-corrected chi connectivity index (χ0v) is 15.1. The van der Waals surface area contributed by atoms with E-state index in [4.69, 9.17) is 0 Å². The van der Waals surface area contributed by atoms with Crippen molar-refractivity contribution in [3.05, 3.63) is 36.7 Å². The van der Waals surface area contributed by atoms with Crippen LogP contribution in [0.4, 0.5) is 17.3 Å². The molecule has 0 saturated heterocycles. The number of thiol groups is 1. The molecule has 0 aliphatic heterocycles. The van der Waals surface area contributed by atoms with Gasteiger partial charge >= 0.3 is 5.95 Å². The lowest BCUT2D eigenvalue weighted by Gasteiger charge is -2.06. The Hall–Kier alpha value is -1.57. The number of nitrogens with zero attached hydrogens (tertiary/aromatic N) is 4. The van der Waals surface area contributed by atoms with Crippen molar-refractivity contribution in [2.75, 3.05) is 30.7 Å². The molecule has 0 unspecified atom stereocenters. The van der Waals surface area contributed by atoms with E-state index in [2.05, 4.69) is 33.5 Å². The SMILES string of the molecule is Cn1cc[n+](C)c1N=Nc1ccc(NCCNCCS)cc1.[Cl-]. The summed E-state index contributed by atoms with van der Waals surface area (Å²) in [7, 11) is 3.90. The van der Waals surface area contributed by atoms with Gasteiger partial charge in [0.05, 0.1) is 26.5 Å². The Bertz CT molecular complexity index is 591. The van der Waals surface area contributed by atoms with E-state index in [1.807, 2.05) is 59.9 Å². The van der Waals surface area contributed by atoms with E-state index in [0.29, 0.717) is 0 Å². The second kappa shape index (κ2) is 10.3. The van der Waals surface area contributed by atoms with E-state index in [1.165, 1.54) is 0 Å². The van der Waals surface area contributed by atoms with Crippen LogP contribution >= 0.6 is 12.6 Å². The van der Waals surface area contributed by atoms with Crippen LogP contribution in [0, 0.1) is 0 Å². The number of rotatable bonds is 8. The molecule has 1 heterocycles. The Labute approximate surface area is 148 Å². The van der Waals surface area contributed by atoms with Gasteiger partial charge in [0.25, 0.3) is 0 Å². The Kier molecular flexibility index (Phi) is 8.68. The number of hydrogen-bond acceptors (Lipinski definition) is 5. The number of halogens is 1. The monoisotopic (exact) mass is 354 g/mol. The number of azo groups is 1. The number of aryl methyl sites for hydroxylation is 2. The predicted molar refractivity (Wildman–Crippen MR) is 92.4 cm³/mol. The molecule has 0 atom stereocenters. The van der Waals surface area contributed by atoms with Crippen LogP contribution in [-0.2, 0) is 14.1 Å². The molecule has 0 radical (unpaired) electrons. The van der Waals surface area contributed by atoms with Crippen molar-refractivity contribution in [2.45, 2.75) is 0 Å². The van der Waals surface area contributed by atoms with Gasteiger partial charge in [-0.25, -0.2) is 9.13 Å². The van der Waals surface area contributed by atoms with Gasteiger partial charge in [0.15, 0.2) is 0 Å². The van der Waals surface area contributed by atoms with Crippen LogP contribution in [0.15, 0.2) is 46.9 Å². The van der Waals surface area contributed by atoms with Crippen LogP contribution in [0.1, 0.15) is 0 Å². The Morgan fingerprint density at radius 3 is 2.48 bits per heavy atom. The number of anilines is 1. The summed E-state index contributed by atoms with van der Waals surface area (Å²) >= 11 is 4.15. The molecule has 0 fully saturated rings. The maximum absolute atomic E-state index is 4.27. The summed E-state index contributed by atoms with van der Waals surface area (Å²) < 4.78 is 3.86. The third kappa shape index (κ3) is 6.21. The fourth-order valence-corrected chi connectivity index (χ4v) is 2.13. The average molecular weight is 355 g/mol. The Morgan fingerprint density at radius 2 is 1.87 bits per heavy atom. The van der Waals surface area contributed by atoms with E-state index in [1.54, 1.807) is 0 Å². The van der Waals surface area contributed by atoms with Crippen LogP contribution in [-0.4, -0.2) is 30.0 Å². The molecular weight excluding hydrogens is 332 g/mol. The van der Waals surface area contributed by atoms with E-state index in [9.17, 15) is 0 Å². The average Bonchev–Trinajstić information content (AvgIpc) is 2.85. The summed E-state index contributed by atoms with van der Waals surface area (Å²) in [6, 6.07) is 7.93. The molecule has 1 aromatic heterocycles. The van der Waals surface area contributed by atoms with Crippen LogP contribution in [0.3, 0.4) is 0 Å². The summed E-state index contributed by atoms with van der Waals surface area (Å²) in [5.74, 6) is 1.66. The first-order valence-corrected chi connectivity index (χ1v) is 7.92. The first-order chi connectivity index (χ1) is 10.7. The van der Waals surface area contributed by atoms with E-state index < -0.39 is 0 Å². The highest BCUT2D eigenvalue weighted by atomic mass is 35.5. The van der Waals surface area contributed by atoms with Crippen LogP contribution < -0.4 is 27.6 Å². The fraction of sp³-hybridized carbons (Fsp3) is 0.400. The molecule has 2 N–H and O–H groups in total. The topological polar surface area (TPSA) is 57.6 Å². The summed E-state index contributed by atoms with van der Waals surface area (Å²) in [6.07, 6.45) is 3.90. The van der Waals surface area contributed by atoms with Crippen molar-refractivity contribution in [3.63, 3.8) is 0 Å². The molecule has 23 heavy (non-hydrogen) atoms. The standard InChI is InChI=1S/C15H22N6S.ClH/c1-20-10-11-21(2)15(20)19-18-14-5-3-13(4-6-14)17-8-7-16-9-12-22;/h3-6,10-11,16,22H,7-9,12H2,1-2H3;1H. The van der Waals surface area contributed by atoms with Gasteiger partial charge in [-0.05, 0) is 24.3 Å². The van der Waals surface area contributed by atoms with Gasteiger partial charge in [-0.1, -0.05) is 5.11 Å². The normalized spacial score (nSPS) is 10.7. The van der Waals surface area contributed by atoms with Gasteiger partial charge in [0.1, 0.15) is 5.69 Å². The van der Waals surface area contributed by atoms with Crippen molar-refractivity contribution in [1.82, 2.24) is 9.88 Å². The second-order valence-electron chi connectivity index (χ2n) is 4.97. The summed E-state index contributed by atoms with van der Waals surface area (Å²) in [4.78, 5) is 0. The quantitative estimate of drug-likeness (QED) is 0.252. The molecule has 2 aromatic rings. The summed E-state index contributed by atoms with van der Waals surface area (Å²) in [5, 5.41) is 15.2. The number of hydrogen-bond donors (Lipinski definition) is 3. The third-order valence-electron chi connectivity index (χ3n) is 3.19. The number of benzene rings is 1.